The molecule has 0 saturated carbocycles. The van der Waals surface area contributed by atoms with E-state index in [2.05, 4.69) is 62.4 Å². The maximum Gasteiger partial charge on any atom is 0.119 e. The molecular formula is C56H76O4. The first-order valence-electron chi connectivity index (χ1n) is 24.1. The molecule has 0 aromatic heterocycles. The summed E-state index contributed by atoms with van der Waals surface area (Å²) < 4.78 is 12.4. The van der Waals surface area contributed by atoms with E-state index in [9.17, 15) is 10.2 Å². The summed E-state index contributed by atoms with van der Waals surface area (Å²) in [5.41, 5.74) is 8.83. The summed E-state index contributed by atoms with van der Waals surface area (Å²) in [4.78, 5) is 0. The second kappa shape index (κ2) is 27.4. The van der Waals surface area contributed by atoms with Crippen LogP contribution < -0.4 is 9.47 Å². The van der Waals surface area contributed by atoms with Crippen LogP contribution in [-0.4, -0.2) is 23.4 Å². The van der Waals surface area contributed by atoms with Crippen LogP contribution in [0, 0.1) is 0 Å². The van der Waals surface area contributed by atoms with Gasteiger partial charge in [-0.05, 0) is 106 Å². The predicted molar refractivity (Wildman–Crippen MR) is 256 cm³/mol. The minimum absolute atomic E-state index is 0.244. The highest BCUT2D eigenvalue weighted by Crippen LogP contribution is 2.56. The Morgan fingerprint density at radius 1 is 0.283 bits per heavy atom. The lowest BCUT2D eigenvalue weighted by Crippen LogP contribution is -2.10. The standard InChI is InChI=1S/C56H76O4/c1-3-5-7-9-11-13-15-17-19-21-23-25-43-59-51-39-31-47(32-40-51)55-53(45-27-35-49(57)36-28-45)56(54(55)46-29-37-50(58)38-30-46)48-33-41-52(42-34-48)60-44-26-24-22-20-18-16-14-12-10-8-6-4-2/h27-42,57-58H,3-26,43-44H2,1-2H3. The van der Waals surface area contributed by atoms with Gasteiger partial charge in [0.1, 0.15) is 23.0 Å². The maximum absolute atomic E-state index is 10.2. The van der Waals surface area contributed by atoms with Crippen LogP contribution in [-0.2, 0) is 0 Å². The van der Waals surface area contributed by atoms with Gasteiger partial charge in [-0.3, -0.25) is 0 Å². The Hall–Kier alpha value is -4.44. The van der Waals surface area contributed by atoms with Crippen molar-refractivity contribution in [3.05, 3.63) is 119 Å². The van der Waals surface area contributed by atoms with Crippen LogP contribution >= 0.6 is 0 Å². The van der Waals surface area contributed by atoms with Crippen molar-refractivity contribution >= 4 is 22.3 Å². The second-order valence-corrected chi connectivity index (χ2v) is 17.1. The zero-order chi connectivity index (χ0) is 42.0. The van der Waals surface area contributed by atoms with Gasteiger partial charge in [0.15, 0.2) is 0 Å². The minimum atomic E-state index is 0.244. The summed E-state index contributed by atoms with van der Waals surface area (Å²) in [7, 11) is 0. The van der Waals surface area contributed by atoms with Crippen molar-refractivity contribution in [2.45, 2.75) is 168 Å². The average molecular weight is 813 g/mol. The van der Waals surface area contributed by atoms with Crippen LogP contribution in [0.1, 0.15) is 190 Å². The maximum atomic E-state index is 10.2. The van der Waals surface area contributed by atoms with E-state index in [-0.39, 0.29) is 11.5 Å². The van der Waals surface area contributed by atoms with E-state index in [1.807, 2.05) is 24.3 Å². The molecule has 60 heavy (non-hydrogen) atoms. The van der Waals surface area contributed by atoms with Crippen molar-refractivity contribution in [1.29, 1.82) is 0 Å². The number of benzene rings is 4. The third kappa shape index (κ3) is 15.5. The van der Waals surface area contributed by atoms with Crippen molar-refractivity contribution in [3.63, 3.8) is 0 Å². The predicted octanol–water partition coefficient (Wildman–Crippen LogP) is 16.8. The van der Waals surface area contributed by atoms with Crippen molar-refractivity contribution in [2.24, 2.45) is 0 Å². The molecule has 4 nitrogen and oxygen atoms in total. The largest absolute Gasteiger partial charge is 0.508 e. The molecule has 5 rings (SSSR count). The van der Waals surface area contributed by atoms with E-state index < -0.39 is 0 Å². The Labute approximate surface area is 364 Å². The number of rotatable bonds is 32. The van der Waals surface area contributed by atoms with Crippen LogP contribution in [0.2, 0.25) is 0 Å². The molecule has 0 saturated heterocycles. The first kappa shape index (κ1) is 46.6. The smallest absolute Gasteiger partial charge is 0.119 e. The van der Waals surface area contributed by atoms with Crippen molar-refractivity contribution in [1.82, 2.24) is 0 Å². The van der Waals surface area contributed by atoms with Gasteiger partial charge in [-0.15, -0.1) is 0 Å². The second-order valence-electron chi connectivity index (χ2n) is 17.1. The van der Waals surface area contributed by atoms with E-state index in [0.29, 0.717) is 0 Å². The monoisotopic (exact) mass is 813 g/mol. The number of phenols is 2. The Morgan fingerprint density at radius 2 is 0.500 bits per heavy atom. The highest BCUT2D eigenvalue weighted by Gasteiger charge is 2.33. The average Bonchev–Trinajstić information content (AvgIpc) is 3.26. The number of allylic oxidation sites excluding steroid dienone is 4. The van der Waals surface area contributed by atoms with Crippen molar-refractivity contribution < 1.29 is 19.7 Å². The van der Waals surface area contributed by atoms with Crippen LogP contribution in [0.3, 0.4) is 0 Å². The van der Waals surface area contributed by atoms with Gasteiger partial charge in [0.2, 0.25) is 0 Å². The van der Waals surface area contributed by atoms with Crippen molar-refractivity contribution in [2.75, 3.05) is 13.2 Å². The fraction of sp³-hybridized carbons (Fsp3) is 0.500. The number of phenolic OH excluding ortho intramolecular Hbond substituents is 2. The molecule has 0 aliphatic heterocycles. The van der Waals surface area contributed by atoms with Gasteiger partial charge in [-0.25, -0.2) is 0 Å². The molecule has 4 aromatic rings. The molecular weight excluding hydrogens is 737 g/mol. The Balaban J connectivity index is 1.17. The van der Waals surface area contributed by atoms with E-state index in [1.54, 1.807) is 24.3 Å². The van der Waals surface area contributed by atoms with Crippen molar-refractivity contribution in [3.8, 4) is 23.0 Å². The molecule has 1 aliphatic carbocycles. The molecule has 0 spiro atoms. The van der Waals surface area contributed by atoms with E-state index >= 15 is 0 Å². The molecule has 0 amide bonds. The molecule has 4 aromatic carbocycles. The lowest BCUT2D eigenvalue weighted by molar-refractivity contribution is 0.304. The number of hydrogen-bond acceptors (Lipinski definition) is 4. The zero-order valence-electron chi connectivity index (χ0n) is 37.3. The van der Waals surface area contributed by atoms with Crippen LogP contribution in [0.5, 0.6) is 23.0 Å². The fourth-order valence-corrected chi connectivity index (χ4v) is 8.55. The molecule has 0 atom stereocenters. The van der Waals surface area contributed by atoms with E-state index in [1.165, 1.54) is 141 Å². The van der Waals surface area contributed by atoms with Gasteiger partial charge in [-0.1, -0.05) is 204 Å². The Kier molecular flexibility index (Phi) is 21.3. The normalized spacial score (nSPS) is 12.6. The Morgan fingerprint density at radius 3 is 0.750 bits per heavy atom. The molecule has 0 unspecified atom stereocenters. The molecule has 324 valence electrons. The number of unbranched alkanes of at least 4 members (excludes halogenated alkanes) is 22. The van der Waals surface area contributed by atoms with Gasteiger partial charge in [0.25, 0.3) is 0 Å². The fourth-order valence-electron chi connectivity index (χ4n) is 8.55. The highest BCUT2D eigenvalue weighted by molar-refractivity contribution is 6.43. The quantitative estimate of drug-likeness (QED) is 0.0482. The molecule has 0 bridgehead atoms. The molecule has 0 radical (unpaired) electrons. The minimum Gasteiger partial charge on any atom is -0.508 e. The topological polar surface area (TPSA) is 58.9 Å². The SMILES string of the molecule is CCCCCCCCCCCCCCOc1ccc(C2=C(c3ccc(O)cc3)C(c3ccc(OCCCCCCCCCCCCCC)cc3)=C2c2ccc(O)cc2)cc1. The summed E-state index contributed by atoms with van der Waals surface area (Å²) in [6, 6.07) is 32.0. The molecule has 1 aliphatic rings. The van der Waals surface area contributed by atoms with Crippen LogP contribution in [0.15, 0.2) is 97.1 Å². The van der Waals surface area contributed by atoms with E-state index in [4.69, 9.17) is 9.47 Å². The number of aromatic hydroxyl groups is 2. The van der Waals surface area contributed by atoms with Crippen LogP contribution in [0.4, 0.5) is 0 Å². The molecule has 2 N–H and O–H groups in total. The van der Waals surface area contributed by atoms with Gasteiger partial charge in [0.05, 0.1) is 13.2 Å². The summed E-state index contributed by atoms with van der Waals surface area (Å²) in [6.07, 6.45) is 32.0. The summed E-state index contributed by atoms with van der Waals surface area (Å²) in [6.45, 7) is 6.04. The Bertz CT molecular complexity index is 1670. The third-order valence-electron chi connectivity index (χ3n) is 12.1. The van der Waals surface area contributed by atoms with E-state index in [0.717, 1.165) is 82.1 Å². The number of ether oxygens (including phenoxy) is 2. The first-order chi connectivity index (χ1) is 29.6. The molecule has 4 heteroatoms. The highest BCUT2D eigenvalue weighted by atomic mass is 16.5. The van der Waals surface area contributed by atoms with Gasteiger partial charge >= 0.3 is 0 Å². The first-order valence-corrected chi connectivity index (χ1v) is 24.1. The summed E-state index contributed by atoms with van der Waals surface area (Å²) in [5, 5.41) is 20.4. The lowest BCUT2D eigenvalue weighted by Gasteiger charge is -2.33. The zero-order valence-corrected chi connectivity index (χ0v) is 37.3. The van der Waals surface area contributed by atoms with Crippen LogP contribution in [0.25, 0.3) is 22.3 Å². The molecule has 0 heterocycles. The van der Waals surface area contributed by atoms with Gasteiger partial charge < -0.3 is 19.7 Å². The number of hydrogen-bond donors (Lipinski definition) is 2. The van der Waals surface area contributed by atoms with Gasteiger partial charge in [-0.2, -0.15) is 0 Å². The lowest BCUT2D eigenvalue weighted by atomic mass is 9.69. The summed E-state index contributed by atoms with van der Waals surface area (Å²) >= 11 is 0. The molecule has 0 fully saturated rings. The third-order valence-corrected chi connectivity index (χ3v) is 12.1. The van der Waals surface area contributed by atoms with Gasteiger partial charge in [0, 0.05) is 0 Å². The summed E-state index contributed by atoms with van der Waals surface area (Å²) in [5.74, 6) is 2.27.